The Morgan fingerprint density at radius 2 is 2.06 bits per heavy atom. The van der Waals surface area contributed by atoms with Gasteiger partial charge in [0.15, 0.2) is 11.5 Å². The van der Waals surface area contributed by atoms with Crippen LogP contribution >= 0.6 is 0 Å². The quantitative estimate of drug-likeness (QED) is 0.396. The molecule has 6 rings (SSSR count). The predicted molar refractivity (Wildman–Crippen MR) is 130 cm³/mol. The van der Waals surface area contributed by atoms with Crippen LogP contribution in [0.2, 0.25) is 0 Å². The van der Waals surface area contributed by atoms with Gasteiger partial charge in [-0.3, -0.25) is 0 Å². The molecule has 0 bridgehead atoms. The molecule has 0 unspecified atom stereocenters. The lowest BCUT2D eigenvalue weighted by atomic mass is 10.2. The van der Waals surface area contributed by atoms with Gasteiger partial charge in [-0.2, -0.15) is 5.10 Å². The molecule has 1 saturated heterocycles. The monoisotopic (exact) mass is 469 g/mol. The van der Waals surface area contributed by atoms with Crippen molar-refractivity contribution in [3.05, 3.63) is 60.9 Å². The molecule has 1 aromatic carbocycles. The van der Waals surface area contributed by atoms with E-state index in [0.29, 0.717) is 35.2 Å². The maximum Gasteiger partial charge on any atom is 0.226 e. The summed E-state index contributed by atoms with van der Waals surface area (Å²) in [6, 6.07) is 9.82. The highest BCUT2D eigenvalue weighted by atomic mass is 16.5. The average molecular weight is 470 g/mol. The molecule has 35 heavy (non-hydrogen) atoms. The molecular weight excluding hydrogens is 446 g/mol. The van der Waals surface area contributed by atoms with E-state index in [1.165, 1.54) is 12.7 Å². The van der Waals surface area contributed by atoms with Crippen molar-refractivity contribution in [3.63, 3.8) is 0 Å². The Morgan fingerprint density at radius 3 is 2.91 bits per heavy atom. The molecule has 5 aromatic rings. The number of rotatable bonds is 6. The molecule has 11 heteroatoms. The van der Waals surface area contributed by atoms with Gasteiger partial charge in [0, 0.05) is 31.6 Å². The third-order valence-corrected chi connectivity index (χ3v) is 6.05. The van der Waals surface area contributed by atoms with Crippen LogP contribution in [0, 0.1) is 6.92 Å². The number of likely N-dealkylation sites (N-methyl/N-ethyl adjacent to an activating group) is 1. The summed E-state index contributed by atoms with van der Waals surface area (Å²) < 4.78 is 13.3. The first-order valence-electron chi connectivity index (χ1n) is 11.3. The van der Waals surface area contributed by atoms with Crippen molar-refractivity contribution >= 4 is 34.1 Å². The number of fused-ring (bicyclic) bond motifs is 2. The molecule has 1 fully saturated rings. The summed E-state index contributed by atoms with van der Waals surface area (Å²) >= 11 is 0. The highest BCUT2D eigenvalue weighted by Crippen LogP contribution is 2.30. The first kappa shape index (κ1) is 21.2. The van der Waals surface area contributed by atoms with Gasteiger partial charge in [-0.25, -0.2) is 29.4 Å². The van der Waals surface area contributed by atoms with Crippen LogP contribution in [0.15, 0.2) is 55.4 Å². The van der Waals surface area contributed by atoms with Crippen LogP contribution in [0.25, 0.3) is 16.7 Å². The van der Waals surface area contributed by atoms with Crippen molar-refractivity contribution < 1.29 is 9.47 Å². The fourth-order valence-electron chi connectivity index (χ4n) is 4.06. The first-order valence-corrected chi connectivity index (χ1v) is 11.3. The van der Waals surface area contributed by atoms with Gasteiger partial charge in [-0.05, 0) is 43.2 Å². The number of aryl methyl sites for hydroxylation is 1. The van der Waals surface area contributed by atoms with Gasteiger partial charge in [-0.1, -0.05) is 0 Å². The molecule has 11 nitrogen and oxygen atoms in total. The summed E-state index contributed by atoms with van der Waals surface area (Å²) in [6.07, 6.45) is 7.51. The number of ether oxygens (including phenoxy) is 2. The number of pyridine rings is 1. The van der Waals surface area contributed by atoms with Crippen molar-refractivity contribution in [1.29, 1.82) is 0 Å². The van der Waals surface area contributed by atoms with E-state index in [1.54, 1.807) is 10.7 Å². The van der Waals surface area contributed by atoms with E-state index in [0.717, 1.165) is 35.7 Å². The van der Waals surface area contributed by atoms with Gasteiger partial charge in [-0.15, -0.1) is 0 Å². The van der Waals surface area contributed by atoms with E-state index in [9.17, 15) is 0 Å². The number of hydrogen-bond acceptors (Lipinski definition) is 10. The minimum absolute atomic E-state index is 0.258. The minimum atomic E-state index is 0.258. The Bertz CT molecular complexity index is 1510. The zero-order valence-corrected chi connectivity index (χ0v) is 19.3. The molecule has 0 saturated carbocycles. The summed E-state index contributed by atoms with van der Waals surface area (Å²) in [7, 11) is 1.99. The smallest absolute Gasteiger partial charge is 0.226 e. The molecule has 0 amide bonds. The van der Waals surface area contributed by atoms with Crippen LogP contribution < -0.4 is 15.0 Å². The Hall–Kier alpha value is -4.38. The number of anilines is 3. The second-order valence-electron chi connectivity index (χ2n) is 8.39. The molecule has 1 atom stereocenters. The van der Waals surface area contributed by atoms with Crippen LogP contribution in [0.5, 0.6) is 11.5 Å². The van der Waals surface area contributed by atoms with Crippen LogP contribution in [-0.4, -0.2) is 60.8 Å². The molecule has 0 spiro atoms. The largest absolute Gasteiger partial charge is 0.457 e. The van der Waals surface area contributed by atoms with Crippen LogP contribution in [0.1, 0.15) is 12.0 Å². The summed E-state index contributed by atoms with van der Waals surface area (Å²) in [4.78, 5) is 24.3. The second-order valence-corrected chi connectivity index (χ2v) is 8.39. The van der Waals surface area contributed by atoms with E-state index in [1.807, 2.05) is 50.5 Å². The van der Waals surface area contributed by atoms with Crippen molar-refractivity contribution in [2.24, 2.45) is 0 Å². The lowest BCUT2D eigenvalue weighted by Gasteiger charge is -2.23. The molecule has 1 N–H and O–H groups in total. The molecule has 4 aromatic heterocycles. The third kappa shape index (κ3) is 4.17. The Kier molecular flexibility index (Phi) is 5.30. The van der Waals surface area contributed by atoms with E-state index >= 15 is 0 Å². The van der Waals surface area contributed by atoms with Crippen molar-refractivity contribution in [1.82, 2.24) is 34.5 Å². The average Bonchev–Trinajstić information content (AvgIpc) is 3.57. The van der Waals surface area contributed by atoms with Gasteiger partial charge in [0.2, 0.25) is 5.95 Å². The summed E-state index contributed by atoms with van der Waals surface area (Å²) in [5.41, 5.74) is 3.87. The Labute approximate surface area is 200 Å². The van der Waals surface area contributed by atoms with Gasteiger partial charge in [0.1, 0.15) is 35.2 Å². The summed E-state index contributed by atoms with van der Waals surface area (Å²) in [5, 5.41) is 7.48. The maximum absolute atomic E-state index is 6.08. The number of aromatic nitrogens is 7. The highest BCUT2D eigenvalue weighted by Gasteiger charge is 2.23. The fourth-order valence-corrected chi connectivity index (χ4v) is 4.06. The van der Waals surface area contributed by atoms with E-state index in [4.69, 9.17) is 14.5 Å². The SMILES string of the molecule is Cc1cc(Nc2ncnc3cnc(N(C)[C@H]4CCOC4)nc23)ccc1Oc1ccn2ncnc2c1. The van der Waals surface area contributed by atoms with E-state index < -0.39 is 0 Å². The molecule has 176 valence electrons. The standard InChI is InChI=1S/C24H23N9O2/c1-15-9-16(3-4-20(15)35-18-5-7-33-21(10-18)27-14-29-33)30-23-22-19(26-13-28-23)11-25-24(31-22)32(2)17-6-8-34-12-17/h3-5,7,9-11,13-14,17H,6,8,12H2,1-2H3,(H,26,28,30)/t17-/m0/s1. The molecule has 1 aliphatic heterocycles. The lowest BCUT2D eigenvalue weighted by Crippen LogP contribution is -2.33. The topological polar surface area (TPSA) is 115 Å². The van der Waals surface area contributed by atoms with E-state index in [-0.39, 0.29) is 6.04 Å². The van der Waals surface area contributed by atoms with Crippen LogP contribution in [0.4, 0.5) is 17.5 Å². The zero-order valence-electron chi connectivity index (χ0n) is 19.3. The van der Waals surface area contributed by atoms with Crippen molar-refractivity contribution in [2.45, 2.75) is 19.4 Å². The summed E-state index contributed by atoms with van der Waals surface area (Å²) in [5.74, 6) is 2.67. The zero-order chi connectivity index (χ0) is 23.8. The van der Waals surface area contributed by atoms with Gasteiger partial charge < -0.3 is 19.7 Å². The highest BCUT2D eigenvalue weighted by molar-refractivity contribution is 5.87. The summed E-state index contributed by atoms with van der Waals surface area (Å²) in [6.45, 7) is 3.43. The number of hydrogen-bond donors (Lipinski definition) is 1. The second kappa shape index (κ2) is 8.76. The van der Waals surface area contributed by atoms with Crippen molar-refractivity contribution in [3.8, 4) is 11.5 Å². The van der Waals surface area contributed by atoms with E-state index in [2.05, 4.69) is 35.3 Å². The predicted octanol–water partition coefficient (Wildman–Crippen LogP) is 3.53. The minimum Gasteiger partial charge on any atom is -0.457 e. The normalized spacial score (nSPS) is 15.5. The third-order valence-electron chi connectivity index (χ3n) is 6.05. The van der Waals surface area contributed by atoms with Gasteiger partial charge in [0.25, 0.3) is 0 Å². The number of benzene rings is 1. The number of nitrogens with zero attached hydrogens (tertiary/aromatic N) is 8. The molecule has 5 heterocycles. The fraction of sp³-hybridized carbons (Fsp3) is 0.250. The van der Waals surface area contributed by atoms with Gasteiger partial charge >= 0.3 is 0 Å². The first-order chi connectivity index (χ1) is 17.1. The Balaban J connectivity index is 1.25. The lowest BCUT2D eigenvalue weighted by molar-refractivity contribution is 0.193. The van der Waals surface area contributed by atoms with Crippen molar-refractivity contribution in [2.75, 3.05) is 30.5 Å². The van der Waals surface area contributed by atoms with Crippen LogP contribution in [-0.2, 0) is 4.74 Å². The number of nitrogens with one attached hydrogen (secondary N) is 1. The van der Waals surface area contributed by atoms with Crippen LogP contribution in [0.3, 0.4) is 0 Å². The maximum atomic E-state index is 6.08. The Morgan fingerprint density at radius 1 is 1.11 bits per heavy atom. The molecular formula is C24H23N9O2. The molecule has 0 radical (unpaired) electrons. The van der Waals surface area contributed by atoms with Gasteiger partial charge in [0.05, 0.1) is 18.8 Å². The molecule has 0 aliphatic carbocycles. The molecule has 1 aliphatic rings.